The Morgan fingerprint density at radius 1 is 1.44 bits per heavy atom. The second-order valence-corrected chi connectivity index (χ2v) is 6.28. The summed E-state index contributed by atoms with van der Waals surface area (Å²) >= 11 is 1.36. The molecule has 1 rings (SSSR count). The zero-order valence-corrected chi connectivity index (χ0v) is 12.6. The van der Waals surface area contributed by atoms with Gasteiger partial charge >= 0.3 is 5.97 Å². The number of carbonyl (C=O) groups is 1. The molecule has 18 heavy (non-hydrogen) atoms. The number of aromatic nitrogens is 1. The second-order valence-electron chi connectivity index (χ2n) is 5.25. The zero-order valence-electron chi connectivity index (χ0n) is 11.7. The van der Waals surface area contributed by atoms with Crippen LogP contribution < -0.4 is 5.73 Å². The summed E-state index contributed by atoms with van der Waals surface area (Å²) in [5.74, 6) is -0.292. The highest BCUT2D eigenvalue weighted by molar-refractivity contribution is 7.13. The van der Waals surface area contributed by atoms with Gasteiger partial charge in [-0.05, 0) is 18.8 Å². The highest BCUT2D eigenvalue weighted by Crippen LogP contribution is 2.34. The van der Waals surface area contributed by atoms with Crippen LogP contribution in [0.25, 0.3) is 0 Å². The molecule has 1 unspecified atom stereocenters. The minimum absolute atomic E-state index is 0.0746. The van der Waals surface area contributed by atoms with Gasteiger partial charge in [-0.2, -0.15) is 0 Å². The predicted octanol–water partition coefficient (Wildman–Crippen LogP) is 2.93. The third-order valence-electron chi connectivity index (χ3n) is 2.71. The Hall–Kier alpha value is -0.940. The largest absolute Gasteiger partial charge is 0.462 e. The van der Waals surface area contributed by atoms with Gasteiger partial charge in [0.2, 0.25) is 0 Å². The molecule has 4 nitrogen and oxygen atoms in total. The smallest absolute Gasteiger partial charge is 0.350 e. The normalized spacial score (nSPS) is 13.4. The first-order valence-electron chi connectivity index (χ1n) is 6.23. The molecule has 0 saturated carbocycles. The summed E-state index contributed by atoms with van der Waals surface area (Å²) in [4.78, 5) is 16.9. The number of esters is 1. The fourth-order valence-electron chi connectivity index (χ4n) is 1.47. The summed E-state index contributed by atoms with van der Waals surface area (Å²) in [5, 5.41) is 0.808. The lowest BCUT2D eigenvalue weighted by atomic mass is 9.88. The molecule has 0 radical (unpaired) electrons. The highest BCUT2D eigenvalue weighted by atomic mass is 32.1. The lowest BCUT2D eigenvalue weighted by molar-refractivity contribution is 0.0530. The van der Waals surface area contributed by atoms with Crippen LogP contribution in [0.4, 0.5) is 0 Å². The van der Waals surface area contributed by atoms with E-state index in [0.29, 0.717) is 17.9 Å². The third-order valence-corrected chi connectivity index (χ3v) is 3.87. The van der Waals surface area contributed by atoms with Crippen LogP contribution in [0.3, 0.4) is 0 Å². The monoisotopic (exact) mass is 270 g/mol. The summed E-state index contributed by atoms with van der Waals surface area (Å²) in [5.41, 5.74) is 6.89. The standard InChI is InChI=1S/C13H22N2O2S/c1-6-8-9(12(16)17-7-2)18-11(15-8)10(14)13(3,4)5/h10H,6-7,14H2,1-5H3. The Morgan fingerprint density at radius 2 is 2.06 bits per heavy atom. The molecule has 0 aliphatic rings. The van der Waals surface area contributed by atoms with Crippen molar-refractivity contribution in [1.82, 2.24) is 4.98 Å². The van der Waals surface area contributed by atoms with Gasteiger partial charge in [-0.1, -0.05) is 27.7 Å². The number of aryl methyl sites for hydroxylation is 1. The summed E-state index contributed by atoms with van der Waals surface area (Å²) < 4.78 is 5.04. The van der Waals surface area contributed by atoms with Crippen LogP contribution in [0.1, 0.15) is 61.0 Å². The minimum atomic E-state index is -0.292. The van der Waals surface area contributed by atoms with Crippen molar-refractivity contribution in [3.8, 4) is 0 Å². The molecule has 0 aliphatic carbocycles. The van der Waals surface area contributed by atoms with Crippen molar-refractivity contribution in [2.24, 2.45) is 11.1 Å². The van der Waals surface area contributed by atoms with E-state index in [2.05, 4.69) is 25.8 Å². The molecule has 1 heterocycles. The van der Waals surface area contributed by atoms with E-state index in [1.165, 1.54) is 11.3 Å². The van der Waals surface area contributed by atoms with E-state index < -0.39 is 0 Å². The summed E-state index contributed by atoms with van der Waals surface area (Å²) in [7, 11) is 0. The second kappa shape index (κ2) is 5.80. The number of hydrogen-bond donors (Lipinski definition) is 1. The molecule has 1 aromatic heterocycles. The number of nitrogens with two attached hydrogens (primary N) is 1. The number of nitrogens with zero attached hydrogens (tertiary/aromatic N) is 1. The van der Waals surface area contributed by atoms with E-state index in [4.69, 9.17) is 10.5 Å². The summed E-state index contributed by atoms with van der Waals surface area (Å²) in [6.07, 6.45) is 0.710. The van der Waals surface area contributed by atoms with E-state index in [0.717, 1.165) is 10.7 Å². The molecule has 0 saturated heterocycles. The third kappa shape index (κ3) is 3.29. The number of thiazole rings is 1. The molecule has 1 aromatic rings. The molecular formula is C13H22N2O2S. The predicted molar refractivity (Wildman–Crippen MR) is 73.8 cm³/mol. The molecule has 0 aliphatic heterocycles. The van der Waals surface area contributed by atoms with Crippen LogP contribution in [0.2, 0.25) is 0 Å². The average molecular weight is 270 g/mol. The first kappa shape index (κ1) is 15.1. The van der Waals surface area contributed by atoms with Crippen LogP contribution in [-0.4, -0.2) is 17.6 Å². The quantitative estimate of drug-likeness (QED) is 0.854. The van der Waals surface area contributed by atoms with Crippen molar-refractivity contribution in [2.75, 3.05) is 6.61 Å². The van der Waals surface area contributed by atoms with Gasteiger partial charge in [-0.25, -0.2) is 9.78 Å². The van der Waals surface area contributed by atoms with E-state index in [1.54, 1.807) is 6.92 Å². The minimum Gasteiger partial charge on any atom is -0.462 e. The fourth-order valence-corrected chi connectivity index (χ4v) is 2.76. The summed E-state index contributed by atoms with van der Waals surface area (Å²) in [6, 6.07) is -0.170. The lowest BCUT2D eigenvalue weighted by Gasteiger charge is -2.24. The Balaban J connectivity index is 3.08. The number of rotatable bonds is 4. The van der Waals surface area contributed by atoms with Gasteiger partial charge < -0.3 is 10.5 Å². The molecule has 102 valence electrons. The van der Waals surface area contributed by atoms with Crippen molar-refractivity contribution in [3.63, 3.8) is 0 Å². The van der Waals surface area contributed by atoms with E-state index in [9.17, 15) is 4.79 Å². The Kier molecular flexibility index (Phi) is 4.87. The number of carbonyl (C=O) groups excluding carboxylic acids is 1. The van der Waals surface area contributed by atoms with Gasteiger partial charge in [0.25, 0.3) is 0 Å². The van der Waals surface area contributed by atoms with Crippen molar-refractivity contribution >= 4 is 17.3 Å². The van der Waals surface area contributed by atoms with Gasteiger partial charge in [0.05, 0.1) is 18.3 Å². The van der Waals surface area contributed by atoms with E-state index >= 15 is 0 Å². The SMILES string of the molecule is CCOC(=O)c1sc(C(N)C(C)(C)C)nc1CC. The first-order valence-corrected chi connectivity index (χ1v) is 7.05. The van der Waals surface area contributed by atoms with Gasteiger partial charge in [-0.15, -0.1) is 11.3 Å². The molecule has 0 amide bonds. The maximum absolute atomic E-state index is 11.8. The van der Waals surface area contributed by atoms with Crippen molar-refractivity contribution < 1.29 is 9.53 Å². The number of hydrogen-bond acceptors (Lipinski definition) is 5. The van der Waals surface area contributed by atoms with Crippen molar-refractivity contribution in [2.45, 2.75) is 47.1 Å². The topological polar surface area (TPSA) is 65.2 Å². The molecule has 0 bridgehead atoms. The van der Waals surface area contributed by atoms with Gasteiger partial charge in [0.15, 0.2) is 0 Å². The Morgan fingerprint density at radius 3 is 2.50 bits per heavy atom. The molecular weight excluding hydrogens is 248 g/mol. The molecule has 0 fully saturated rings. The van der Waals surface area contributed by atoms with Crippen LogP contribution in [0.5, 0.6) is 0 Å². The maximum atomic E-state index is 11.8. The van der Waals surface area contributed by atoms with Gasteiger partial charge in [-0.3, -0.25) is 0 Å². The molecule has 2 N–H and O–H groups in total. The van der Waals surface area contributed by atoms with Gasteiger partial charge in [0, 0.05) is 0 Å². The highest BCUT2D eigenvalue weighted by Gasteiger charge is 2.28. The first-order chi connectivity index (χ1) is 8.31. The van der Waals surface area contributed by atoms with Gasteiger partial charge in [0.1, 0.15) is 9.88 Å². The zero-order chi connectivity index (χ0) is 13.9. The maximum Gasteiger partial charge on any atom is 0.350 e. The van der Waals surface area contributed by atoms with E-state index in [-0.39, 0.29) is 17.4 Å². The summed E-state index contributed by atoms with van der Waals surface area (Å²) in [6.45, 7) is 10.3. The molecule has 5 heteroatoms. The van der Waals surface area contributed by atoms with Crippen LogP contribution in [0, 0.1) is 5.41 Å². The Bertz CT molecular complexity index is 421. The lowest BCUT2D eigenvalue weighted by Crippen LogP contribution is -2.26. The molecule has 0 spiro atoms. The van der Waals surface area contributed by atoms with Crippen LogP contribution in [-0.2, 0) is 11.2 Å². The average Bonchev–Trinajstić information content (AvgIpc) is 2.70. The molecule has 0 aromatic carbocycles. The van der Waals surface area contributed by atoms with Crippen LogP contribution in [0.15, 0.2) is 0 Å². The molecule has 1 atom stereocenters. The number of ether oxygens (including phenoxy) is 1. The van der Waals surface area contributed by atoms with Crippen LogP contribution >= 0.6 is 11.3 Å². The van der Waals surface area contributed by atoms with E-state index in [1.807, 2.05) is 6.92 Å². The van der Waals surface area contributed by atoms with Crippen molar-refractivity contribution in [3.05, 3.63) is 15.6 Å². The fraction of sp³-hybridized carbons (Fsp3) is 0.692. The Labute approximate surface area is 113 Å². The van der Waals surface area contributed by atoms with Crippen molar-refractivity contribution in [1.29, 1.82) is 0 Å².